The lowest BCUT2D eigenvalue weighted by atomic mass is 10.0. The van der Waals surface area contributed by atoms with Gasteiger partial charge in [-0.1, -0.05) is 43.7 Å². The maximum Gasteiger partial charge on any atom is 0.0495 e. The average molecular weight is 247 g/mol. The third-order valence-electron chi connectivity index (χ3n) is 3.75. The third kappa shape index (κ3) is 4.11. The van der Waals surface area contributed by atoms with E-state index in [1.165, 1.54) is 31.2 Å². The number of nitrogens with one attached hydrogen (secondary N) is 1. The van der Waals surface area contributed by atoms with E-state index in [9.17, 15) is 0 Å². The molecule has 0 aromatic heterocycles. The average Bonchev–Trinajstić information content (AvgIpc) is 2.92. The summed E-state index contributed by atoms with van der Waals surface area (Å²) < 4.78 is 5.42. The second-order valence-electron chi connectivity index (χ2n) is 5.22. The minimum absolute atomic E-state index is 0.513. The monoisotopic (exact) mass is 247 g/mol. The zero-order chi connectivity index (χ0) is 12.6. The number of ether oxygens (including phenoxy) is 1. The van der Waals surface area contributed by atoms with Crippen LogP contribution in [0.3, 0.4) is 0 Å². The molecular formula is C16H25NO. The Balaban J connectivity index is 1.79. The zero-order valence-electron chi connectivity index (χ0n) is 11.4. The van der Waals surface area contributed by atoms with Gasteiger partial charge in [-0.05, 0) is 37.3 Å². The Morgan fingerprint density at radius 2 is 2.17 bits per heavy atom. The van der Waals surface area contributed by atoms with Crippen molar-refractivity contribution >= 4 is 0 Å². The molecule has 1 saturated heterocycles. The quantitative estimate of drug-likeness (QED) is 0.795. The molecule has 1 heterocycles. The van der Waals surface area contributed by atoms with E-state index in [2.05, 4.69) is 42.6 Å². The SMILES string of the molecule is CCCC(NCCC1CCOC1)c1ccccc1. The van der Waals surface area contributed by atoms with E-state index in [0.717, 1.165) is 25.7 Å². The van der Waals surface area contributed by atoms with Crippen molar-refractivity contribution in [2.75, 3.05) is 19.8 Å². The van der Waals surface area contributed by atoms with Crippen molar-refractivity contribution in [2.24, 2.45) is 5.92 Å². The van der Waals surface area contributed by atoms with Crippen LogP contribution in [0.2, 0.25) is 0 Å². The van der Waals surface area contributed by atoms with Gasteiger partial charge in [0.15, 0.2) is 0 Å². The maximum atomic E-state index is 5.42. The fourth-order valence-electron chi connectivity index (χ4n) is 2.63. The molecule has 2 unspecified atom stereocenters. The third-order valence-corrected chi connectivity index (χ3v) is 3.75. The summed E-state index contributed by atoms with van der Waals surface area (Å²) >= 11 is 0. The predicted octanol–water partition coefficient (Wildman–Crippen LogP) is 3.54. The molecule has 0 bridgehead atoms. The largest absolute Gasteiger partial charge is 0.381 e. The minimum Gasteiger partial charge on any atom is -0.381 e. The van der Waals surface area contributed by atoms with Crippen LogP contribution in [0.15, 0.2) is 30.3 Å². The smallest absolute Gasteiger partial charge is 0.0495 e. The molecule has 2 rings (SSSR count). The van der Waals surface area contributed by atoms with Crippen LogP contribution in [0, 0.1) is 5.92 Å². The van der Waals surface area contributed by atoms with E-state index >= 15 is 0 Å². The predicted molar refractivity (Wildman–Crippen MR) is 75.6 cm³/mol. The molecule has 0 aliphatic carbocycles. The Kier molecular flexibility index (Phi) is 5.69. The molecule has 0 radical (unpaired) electrons. The normalized spacial score (nSPS) is 21.1. The maximum absolute atomic E-state index is 5.42. The Hall–Kier alpha value is -0.860. The standard InChI is InChI=1S/C16H25NO/c1-2-6-16(15-7-4-3-5-8-15)17-11-9-14-10-12-18-13-14/h3-5,7-8,14,16-17H,2,6,9-13H2,1H3. The molecule has 0 spiro atoms. The van der Waals surface area contributed by atoms with Crippen molar-refractivity contribution in [3.05, 3.63) is 35.9 Å². The van der Waals surface area contributed by atoms with Gasteiger partial charge in [0.25, 0.3) is 0 Å². The molecule has 0 saturated carbocycles. The van der Waals surface area contributed by atoms with E-state index in [-0.39, 0.29) is 0 Å². The number of benzene rings is 1. The van der Waals surface area contributed by atoms with Gasteiger partial charge >= 0.3 is 0 Å². The van der Waals surface area contributed by atoms with Crippen LogP contribution in [0.5, 0.6) is 0 Å². The Morgan fingerprint density at radius 3 is 2.83 bits per heavy atom. The van der Waals surface area contributed by atoms with Gasteiger partial charge in [-0.2, -0.15) is 0 Å². The molecule has 1 aromatic carbocycles. The summed E-state index contributed by atoms with van der Waals surface area (Å²) in [7, 11) is 0. The first kappa shape index (κ1) is 13.6. The number of hydrogen-bond acceptors (Lipinski definition) is 2. The Morgan fingerprint density at radius 1 is 1.33 bits per heavy atom. The summed E-state index contributed by atoms with van der Waals surface area (Å²) in [5, 5.41) is 3.71. The van der Waals surface area contributed by atoms with Crippen LogP contribution in [0.4, 0.5) is 0 Å². The molecule has 1 aromatic rings. The van der Waals surface area contributed by atoms with E-state index < -0.39 is 0 Å². The lowest BCUT2D eigenvalue weighted by molar-refractivity contribution is 0.184. The molecule has 100 valence electrons. The first-order chi connectivity index (χ1) is 8.90. The van der Waals surface area contributed by atoms with Crippen LogP contribution < -0.4 is 5.32 Å². The van der Waals surface area contributed by atoms with Crippen LogP contribution >= 0.6 is 0 Å². The van der Waals surface area contributed by atoms with Crippen molar-refractivity contribution < 1.29 is 4.74 Å². The van der Waals surface area contributed by atoms with E-state index in [1.54, 1.807) is 0 Å². The van der Waals surface area contributed by atoms with Crippen molar-refractivity contribution in [3.63, 3.8) is 0 Å². The second kappa shape index (κ2) is 7.55. The van der Waals surface area contributed by atoms with E-state index in [1.807, 2.05) is 0 Å². The van der Waals surface area contributed by atoms with Crippen LogP contribution in [0.25, 0.3) is 0 Å². The molecule has 1 N–H and O–H groups in total. The molecule has 1 aliphatic rings. The molecule has 18 heavy (non-hydrogen) atoms. The van der Waals surface area contributed by atoms with Gasteiger partial charge < -0.3 is 10.1 Å². The first-order valence-electron chi connectivity index (χ1n) is 7.26. The van der Waals surface area contributed by atoms with Crippen molar-refractivity contribution in [1.82, 2.24) is 5.32 Å². The molecule has 2 atom stereocenters. The van der Waals surface area contributed by atoms with Gasteiger partial charge in [0.1, 0.15) is 0 Å². The van der Waals surface area contributed by atoms with Gasteiger partial charge in [0.2, 0.25) is 0 Å². The van der Waals surface area contributed by atoms with Crippen LogP contribution in [0.1, 0.15) is 44.2 Å². The highest BCUT2D eigenvalue weighted by atomic mass is 16.5. The molecule has 1 fully saturated rings. The van der Waals surface area contributed by atoms with Gasteiger partial charge in [-0.25, -0.2) is 0 Å². The second-order valence-corrected chi connectivity index (χ2v) is 5.22. The fourth-order valence-corrected chi connectivity index (χ4v) is 2.63. The number of hydrogen-bond donors (Lipinski definition) is 1. The summed E-state index contributed by atoms with van der Waals surface area (Å²) in [6.07, 6.45) is 4.92. The molecular weight excluding hydrogens is 222 g/mol. The fraction of sp³-hybridized carbons (Fsp3) is 0.625. The Labute approximate surface area is 111 Å². The zero-order valence-corrected chi connectivity index (χ0v) is 11.4. The van der Waals surface area contributed by atoms with Gasteiger partial charge in [-0.3, -0.25) is 0 Å². The first-order valence-corrected chi connectivity index (χ1v) is 7.26. The van der Waals surface area contributed by atoms with E-state index in [4.69, 9.17) is 4.74 Å². The lowest BCUT2D eigenvalue weighted by Gasteiger charge is -2.19. The summed E-state index contributed by atoms with van der Waals surface area (Å²) in [4.78, 5) is 0. The molecule has 1 aliphatic heterocycles. The molecule has 2 heteroatoms. The highest BCUT2D eigenvalue weighted by Gasteiger charge is 2.16. The van der Waals surface area contributed by atoms with Crippen molar-refractivity contribution in [3.8, 4) is 0 Å². The van der Waals surface area contributed by atoms with Gasteiger partial charge in [0, 0.05) is 19.3 Å². The van der Waals surface area contributed by atoms with Crippen molar-refractivity contribution in [2.45, 2.75) is 38.6 Å². The van der Waals surface area contributed by atoms with Crippen molar-refractivity contribution in [1.29, 1.82) is 0 Å². The number of rotatable bonds is 7. The lowest BCUT2D eigenvalue weighted by Crippen LogP contribution is -2.24. The minimum atomic E-state index is 0.513. The summed E-state index contributed by atoms with van der Waals surface area (Å²) in [6.45, 7) is 5.28. The summed E-state index contributed by atoms with van der Waals surface area (Å²) in [5.41, 5.74) is 1.42. The molecule has 0 amide bonds. The van der Waals surface area contributed by atoms with Gasteiger partial charge in [-0.15, -0.1) is 0 Å². The highest BCUT2D eigenvalue weighted by Crippen LogP contribution is 2.20. The van der Waals surface area contributed by atoms with Crippen LogP contribution in [-0.2, 0) is 4.74 Å². The Bertz CT molecular complexity index is 319. The molecule has 2 nitrogen and oxygen atoms in total. The summed E-state index contributed by atoms with van der Waals surface area (Å²) in [6, 6.07) is 11.3. The van der Waals surface area contributed by atoms with Crippen LogP contribution in [-0.4, -0.2) is 19.8 Å². The highest BCUT2D eigenvalue weighted by molar-refractivity contribution is 5.18. The van der Waals surface area contributed by atoms with Gasteiger partial charge in [0.05, 0.1) is 0 Å². The topological polar surface area (TPSA) is 21.3 Å². The summed E-state index contributed by atoms with van der Waals surface area (Å²) in [5.74, 6) is 0.774. The van der Waals surface area contributed by atoms with E-state index in [0.29, 0.717) is 6.04 Å².